The molecule has 0 unspecified atom stereocenters. The monoisotopic (exact) mass is 264 g/mol. The topological polar surface area (TPSA) is 43.6 Å². The molecule has 0 saturated carbocycles. The van der Waals surface area contributed by atoms with Crippen LogP contribution in [-0.2, 0) is 0 Å². The van der Waals surface area contributed by atoms with E-state index in [0.29, 0.717) is 5.92 Å². The third-order valence-electron chi connectivity index (χ3n) is 3.25. The first kappa shape index (κ1) is 12.5. The molecule has 4 nitrogen and oxygen atoms in total. The SMILES string of the molecule is CC(C)c1ccc(-n2cc(-c3ccccn3)nn2)cc1. The minimum Gasteiger partial charge on any atom is -0.254 e. The molecule has 0 spiro atoms. The van der Waals surface area contributed by atoms with Gasteiger partial charge in [-0.3, -0.25) is 4.98 Å². The van der Waals surface area contributed by atoms with E-state index < -0.39 is 0 Å². The average Bonchev–Trinajstić information content (AvgIpc) is 2.98. The van der Waals surface area contributed by atoms with Crippen LogP contribution in [0, 0.1) is 0 Å². The molecule has 3 aromatic rings. The highest BCUT2D eigenvalue weighted by atomic mass is 15.4. The molecule has 0 N–H and O–H groups in total. The van der Waals surface area contributed by atoms with Crippen LogP contribution in [0.15, 0.2) is 54.9 Å². The third kappa shape index (κ3) is 2.45. The zero-order valence-corrected chi connectivity index (χ0v) is 11.6. The number of pyridine rings is 1. The van der Waals surface area contributed by atoms with E-state index in [2.05, 4.69) is 53.4 Å². The normalized spacial score (nSPS) is 10.9. The highest BCUT2D eigenvalue weighted by molar-refractivity contribution is 5.52. The van der Waals surface area contributed by atoms with Crippen LogP contribution in [0.3, 0.4) is 0 Å². The Bertz CT molecular complexity index is 684. The van der Waals surface area contributed by atoms with Gasteiger partial charge in [-0.05, 0) is 35.7 Å². The standard InChI is InChI=1S/C16H16N4/c1-12(2)13-6-8-14(9-7-13)20-11-16(18-19-20)15-5-3-4-10-17-15/h3-12H,1-2H3. The largest absolute Gasteiger partial charge is 0.254 e. The molecule has 0 saturated heterocycles. The van der Waals surface area contributed by atoms with Crippen molar-refractivity contribution in [2.45, 2.75) is 19.8 Å². The van der Waals surface area contributed by atoms with Crippen molar-refractivity contribution < 1.29 is 0 Å². The fourth-order valence-electron chi connectivity index (χ4n) is 2.03. The molecule has 2 heterocycles. The number of benzene rings is 1. The van der Waals surface area contributed by atoms with Crippen LogP contribution in [0.1, 0.15) is 25.3 Å². The molecule has 0 fully saturated rings. The molecule has 2 aromatic heterocycles. The second-order valence-corrected chi connectivity index (χ2v) is 5.01. The number of aromatic nitrogens is 4. The van der Waals surface area contributed by atoms with Gasteiger partial charge in [0.1, 0.15) is 5.69 Å². The van der Waals surface area contributed by atoms with Crippen LogP contribution >= 0.6 is 0 Å². The van der Waals surface area contributed by atoms with Crippen molar-refractivity contribution in [1.29, 1.82) is 0 Å². The van der Waals surface area contributed by atoms with Crippen molar-refractivity contribution in [3.8, 4) is 17.1 Å². The summed E-state index contributed by atoms with van der Waals surface area (Å²) in [7, 11) is 0. The van der Waals surface area contributed by atoms with Crippen LogP contribution < -0.4 is 0 Å². The Morgan fingerprint density at radius 3 is 2.40 bits per heavy atom. The van der Waals surface area contributed by atoms with Crippen molar-refractivity contribution in [2.75, 3.05) is 0 Å². The summed E-state index contributed by atoms with van der Waals surface area (Å²) in [6, 6.07) is 14.1. The van der Waals surface area contributed by atoms with Gasteiger partial charge in [0.2, 0.25) is 0 Å². The maximum atomic E-state index is 4.28. The summed E-state index contributed by atoms with van der Waals surface area (Å²) >= 11 is 0. The highest BCUT2D eigenvalue weighted by Gasteiger charge is 2.06. The van der Waals surface area contributed by atoms with Gasteiger partial charge in [0.05, 0.1) is 17.6 Å². The zero-order chi connectivity index (χ0) is 13.9. The van der Waals surface area contributed by atoms with Gasteiger partial charge in [-0.15, -0.1) is 5.10 Å². The fraction of sp³-hybridized carbons (Fsp3) is 0.188. The van der Waals surface area contributed by atoms with Crippen LogP contribution in [0.5, 0.6) is 0 Å². The number of hydrogen-bond donors (Lipinski definition) is 0. The second kappa shape index (κ2) is 5.25. The molecule has 0 bridgehead atoms. The summed E-state index contributed by atoms with van der Waals surface area (Å²) in [6.45, 7) is 4.37. The zero-order valence-electron chi connectivity index (χ0n) is 11.6. The van der Waals surface area contributed by atoms with Crippen LogP contribution in [0.2, 0.25) is 0 Å². The molecule has 0 aliphatic carbocycles. The van der Waals surface area contributed by atoms with Crippen LogP contribution in [-0.4, -0.2) is 20.0 Å². The van der Waals surface area contributed by atoms with E-state index in [1.165, 1.54) is 5.56 Å². The first-order valence-corrected chi connectivity index (χ1v) is 6.68. The van der Waals surface area contributed by atoms with Crippen LogP contribution in [0.4, 0.5) is 0 Å². The number of rotatable bonds is 3. The lowest BCUT2D eigenvalue weighted by atomic mass is 10.0. The minimum atomic E-state index is 0.531. The Labute approximate surface area is 118 Å². The summed E-state index contributed by atoms with van der Waals surface area (Å²) in [5, 5.41) is 8.33. The molecule has 1 aromatic carbocycles. The quantitative estimate of drug-likeness (QED) is 0.727. The highest BCUT2D eigenvalue weighted by Crippen LogP contribution is 2.18. The molecule has 0 atom stereocenters. The lowest BCUT2D eigenvalue weighted by Gasteiger charge is -2.06. The van der Waals surface area contributed by atoms with Crippen molar-refractivity contribution in [3.63, 3.8) is 0 Å². The summed E-state index contributed by atoms with van der Waals surface area (Å²) in [5.41, 5.74) is 3.93. The van der Waals surface area contributed by atoms with Crippen molar-refractivity contribution in [2.24, 2.45) is 0 Å². The molecule has 100 valence electrons. The van der Waals surface area contributed by atoms with E-state index in [-0.39, 0.29) is 0 Å². The molecular weight excluding hydrogens is 248 g/mol. The van der Waals surface area contributed by atoms with Gasteiger partial charge in [-0.2, -0.15) is 0 Å². The van der Waals surface area contributed by atoms with E-state index in [4.69, 9.17) is 0 Å². The van der Waals surface area contributed by atoms with E-state index in [1.807, 2.05) is 24.4 Å². The van der Waals surface area contributed by atoms with Crippen molar-refractivity contribution in [1.82, 2.24) is 20.0 Å². The first-order valence-electron chi connectivity index (χ1n) is 6.68. The molecule has 0 radical (unpaired) electrons. The Morgan fingerprint density at radius 1 is 0.950 bits per heavy atom. The van der Waals surface area contributed by atoms with Gasteiger partial charge < -0.3 is 0 Å². The first-order chi connectivity index (χ1) is 9.74. The van der Waals surface area contributed by atoms with Crippen molar-refractivity contribution >= 4 is 0 Å². The minimum absolute atomic E-state index is 0.531. The van der Waals surface area contributed by atoms with Gasteiger partial charge in [0, 0.05) is 6.20 Å². The molecule has 20 heavy (non-hydrogen) atoms. The van der Waals surface area contributed by atoms with E-state index in [9.17, 15) is 0 Å². The second-order valence-electron chi connectivity index (χ2n) is 5.01. The van der Waals surface area contributed by atoms with Crippen molar-refractivity contribution in [3.05, 3.63) is 60.4 Å². The predicted octanol–water partition coefficient (Wildman–Crippen LogP) is 3.45. The fourth-order valence-corrected chi connectivity index (χ4v) is 2.03. The smallest absolute Gasteiger partial charge is 0.131 e. The summed E-state index contributed by atoms with van der Waals surface area (Å²) < 4.78 is 1.77. The number of nitrogens with zero attached hydrogens (tertiary/aromatic N) is 4. The Hall–Kier alpha value is -2.49. The summed E-state index contributed by atoms with van der Waals surface area (Å²) in [5.74, 6) is 0.531. The van der Waals surface area contributed by atoms with Gasteiger partial charge >= 0.3 is 0 Å². The van der Waals surface area contributed by atoms with Gasteiger partial charge in [-0.1, -0.05) is 37.3 Å². The van der Waals surface area contributed by atoms with Gasteiger partial charge in [0.25, 0.3) is 0 Å². The van der Waals surface area contributed by atoms with E-state index >= 15 is 0 Å². The lowest BCUT2D eigenvalue weighted by Crippen LogP contribution is -1.95. The summed E-state index contributed by atoms with van der Waals surface area (Å²) in [4.78, 5) is 4.28. The molecule has 0 aliphatic rings. The van der Waals surface area contributed by atoms with Gasteiger partial charge in [-0.25, -0.2) is 4.68 Å². The summed E-state index contributed by atoms with van der Waals surface area (Å²) in [6.07, 6.45) is 3.65. The maximum absolute atomic E-state index is 4.28. The Morgan fingerprint density at radius 2 is 1.75 bits per heavy atom. The number of hydrogen-bond acceptors (Lipinski definition) is 3. The lowest BCUT2D eigenvalue weighted by molar-refractivity contribution is 0.800. The molecule has 0 aliphatic heterocycles. The van der Waals surface area contributed by atoms with Gasteiger partial charge in [0.15, 0.2) is 0 Å². The maximum Gasteiger partial charge on any atom is 0.131 e. The van der Waals surface area contributed by atoms with Crippen LogP contribution in [0.25, 0.3) is 17.1 Å². The molecular formula is C16H16N4. The molecule has 3 rings (SSSR count). The van der Waals surface area contributed by atoms with E-state index in [0.717, 1.165) is 17.1 Å². The average molecular weight is 264 g/mol. The Balaban J connectivity index is 1.90. The third-order valence-corrected chi connectivity index (χ3v) is 3.25. The molecule has 0 amide bonds. The molecule has 4 heteroatoms. The predicted molar refractivity (Wildman–Crippen MR) is 78.7 cm³/mol. The van der Waals surface area contributed by atoms with E-state index in [1.54, 1.807) is 10.9 Å². The Kier molecular flexibility index (Phi) is 3.29.